The van der Waals surface area contributed by atoms with Gasteiger partial charge < -0.3 is 9.97 Å². The van der Waals surface area contributed by atoms with Gasteiger partial charge in [0.15, 0.2) is 0 Å². The summed E-state index contributed by atoms with van der Waals surface area (Å²) >= 11 is 6.00. The van der Waals surface area contributed by atoms with E-state index in [2.05, 4.69) is 19.9 Å². The molecule has 0 bridgehead atoms. The van der Waals surface area contributed by atoms with Crippen molar-refractivity contribution in [2.75, 3.05) is 0 Å². The van der Waals surface area contributed by atoms with Crippen molar-refractivity contribution in [1.29, 1.82) is 0 Å². The maximum absolute atomic E-state index is 12.1. The molecule has 0 saturated heterocycles. The highest BCUT2D eigenvalue weighted by Gasteiger charge is 2.12. The minimum Gasteiger partial charge on any atom is -0.333 e. The van der Waals surface area contributed by atoms with Crippen LogP contribution in [0.25, 0.3) is 33.5 Å². The number of pyridine rings is 2. The molecule has 0 fully saturated rings. The molecule has 0 unspecified atom stereocenters. The third-order valence-corrected chi connectivity index (χ3v) is 3.56. The molecule has 0 aliphatic carbocycles. The molecular weight excluding hydrogens is 288 g/mol. The Hall–Kier alpha value is -2.66. The zero-order valence-corrected chi connectivity index (χ0v) is 11.5. The molecule has 4 aromatic rings. The zero-order valence-electron chi connectivity index (χ0n) is 10.7. The van der Waals surface area contributed by atoms with Crippen LogP contribution in [0.4, 0.5) is 0 Å². The Bertz CT molecular complexity index is 1030. The molecule has 0 atom stereocenters. The van der Waals surface area contributed by atoms with Crippen LogP contribution < -0.4 is 5.56 Å². The molecule has 5 nitrogen and oxygen atoms in total. The lowest BCUT2D eigenvalue weighted by molar-refractivity contribution is 1.24. The van der Waals surface area contributed by atoms with Gasteiger partial charge in [0, 0.05) is 22.2 Å². The number of hydrogen-bond donors (Lipinski definition) is 2. The normalized spacial score (nSPS) is 11.3. The predicted molar refractivity (Wildman–Crippen MR) is 82.5 cm³/mol. The van der Waals surface area contributed by atoms with E-state index in [0.29, 0.717) is 27.5 Å². The molecule has 102 valence electrons. The Morgan fingerprint density at radius 1 is 1.10 bits per heavy atom. The van der Waals surface area contributed by atoms with Crippen molar-refractivity contribution in [2.45, 2.75) is 0 Å². The molecule has 0 aliphatic rings. The number of nitrogens with zero attached hydrogens (tertiary/aromatic N) is 2. The maximum Gasteiger partial charge on any atom is 0.275 e. The highest BCUT2D eigenvalue weighted by Crippen LogP contribution is 2.24. The van der Waals surface area contributed by atoms with Gasteiger partial charge in [-0.25, -0.2) is 9.97 Å². The Balaban J connectivity index is 2.08. The lowest BCUT2D eigenvalue weighted by Crippen LogP contribution is -2.07. The fourth-order valence-corrected chi connectivity index (χ4v) is 2.56. The van der Waals surface area contributed by atoms with Crippen molar-refractivity contribution in [2.24, 2.45) is 0 Å². The number of hydrogen-bond acceptors (Lipinski definition) is 3. The van der Waals surface area contributed by atoms with Crippen LogP contribution in [0.5, 0.6) is 0 Å². The smallest absolute Gasteiger partial charge is 0.275 e. The Morgan fingerprint density at radius 3 is 2.86 bits per heavy atom. The van der Waals surface area contributed by atoms with E-state index in [4.69, 9.17) is 11.6 Å². The number of rotatable bonds is 1. The van der Waals surface area contributed by atoms with Gasteiger partial charge in [0.05, 0.1) is 0 Å². The topological polar surface area (TPSA) is 74.4 Å². The van der Waals surface area contributed by atoms with Gasteiger partial charge in [-0.2, -0.15) is 0 Å². The largest absolute Gasteiger partial charge is 0.333 e. The highest BCUT2D eigenvalue weighted by molar-refractivity contribution is 6.30. The molecule has 3 aromatic heterocycles. The average molecular weight is 297 g/mol. The van der Waals surface area contributed by atoms with E-state index < -0.39 is 0 Å². The number of aromatic nitrogens is 4. The fourth-order valence-electron chi connectivity index (χ4n) is 2.37. The van der Waals surface area contributed by atoms with Gasteiger partial charge in [-0.3, -0.25) is 4.79 Å². The predicted octanol–water partition coefficient (Wildman–Crippen LogP) is 3.12. The summed E-state index contributed by atoms with van der Waals surface area (Å²) in [6.07, 6.45) is 1.63. The molecule has 0 amide bonds. The summed E-state index contributed by atoms with van der Waals surface area (Å²) in [5, 5.41) is 1.42. The standard InChI is InChI=1S/C15H9ClN4O/c16-9-4-1-3-8(7-9)13-18-11-10-5-2-6-17-14(10)20-15(21)12(11)19-13/h1-7H,(H,18,19)(H,17,20,21). The summed E-state index contributed by atoms with van der Waals surface area (Å²) in [4.78, 5) is 26.6. The van der Waals surface area contributed by atoms with Crippen LogP contribution in [-0.2, 0) is 0 Å². The monoisotopic (exact) mass is 296 g/mol. The van der Waals surface area contributed by atoms with Crippen LogP contribution in [0, 0.1) is 0 Å². The molecule has 0 aliphatic heterocycles. The number of nitrogens with one attached hydrogen (secondary N) is 2. The molecule has 1 aromatic carbocycles. The second kappa shape index (κ2) is 4.43. The molecule has 2 N–H and O–H groups in total. The van der Waals surface area contributed by atoms with Gasteiger partial charge in [-0.1, -0.05) is 23.7 Å². The second-order valence-electron chi connectivity index (χ2n) is 4.67. The van der Waals surface area contributed by atoms with E-state index in [9.17, 15) is 4.79 Å². The molecule has 0 radical (unpaired) electrons. The Kier molecular flexibility index (Phi) is 2.55. The highest BCUT2D eigenvalue weighted by atomic mass is 35.5. The van der Waals surface area contributed by atoms with Gasteiger partial charge in [-0.15, -0.1) is 0 Å². The van der Waals surface area contributed by atoms with Crippen molar-refractivity contribution in [3.63, 3.8) is 0 Å². The number of benzene rings is 1. The second-order valence-corrected chi connectivity index (χ2v) is 5.11. The van der Waals surface area contributed by atoms with E-state index in [0.717, 1.165) is 10.9 Å². The van der Waals surface area contributed by atoms with Gasteiger partial charge >= 0.3 is 0 Å². The third-order valence-electron chi connectivity index (χ3n) is 3.32. The summed E-state index contributed by atoms with van der Waals surface area (Å²) in [5.74, 6) is 0.606. The van der Waals surface area contributed by atoms with Crippen LogP contribution >= 0.6 is 11.6 Å². The van der Waals surface area contributed by atoms with Crippen molar-refractivity contribution >= 4 is 33.7 Å². The SMILES string of the molecule is O=c1[nH]c2ncccc2c2nc(-c3cccc(Cl)c3)[nH]c12. The quantitative estimate of drug-likeness (QED) is 0.567. The number of fused-ring (bicyclic) bond motifs is 3. The van der Waals surface area contributed by atoms with E-state index in [1.807, 2.05) is 24.3 Å². The van der Waals surface area contributed by atoms with Crippen molar-refractivity contribution in [3.8, 4) is 11.4 Å². The molecule has 3 heterocycles. The van der Waals surface area contributed by atoms with Crippen molar-refractivity contribution < 1.29 is 0 Å². The van der Waals surface area contributed by atoms with E-state index in [1.54, 1.807) is 18.3 Å². The Labute approximate surface area is 123 Å². The van der Waals surface area contributed by atoms with Crippen LogP contribution in [0.1, 0.15) is 0 Å². The summed E-state index contributed by atoms with van der Waals surface area (Å²) in [6, 6.07) is 11.0. The summed E-state index contributed by atoms with van der Waals surface area (Å²) in [7, 11) is 0. The van der Waals surface area contributed by atoms with Crippen LogP contribution in [0.2, 0.25) is 5.02 Å². The van der Waals surface area contributed by atoms with Gasteiger partial charge in [0.25, 0.3) is 5.56 Å². The van der Waals surface area contributed by atoms with Crippen LogP contribution in [-0.4, -0.2) is 19.9 Å². The van der Waals surface area contributed by atoms with Gasteiger partial charge in [0.2, 0.25) is 0 Å². The fraction of sp³-hybridized carbons (Fsp3) is 0. The Morgan fingerprint density at radius 2 is 2.00 bits per heavy atom. The van der Waals surface area contributed by atoms with E-state index >= 15 is 0 Å². The summed E-state index contributed by atoms with van der Waals surface area (Å²) in [5.41, 5.74) is 2.16. The summed E-state index contributed by atoms with van der Waals surface area (Å²) in [6.45, 7) is 0. The first-order valence-corrected chi connectivity index (χ1v) is 6.73. The summed E-state index contributed by atoms with van der Waals surface area (Å²) < 4.78 is 0. The first-order valence-electron chi connectivity index (χ1n) is 6.35. The minimum absolute atomic E-state index is 0.239. The van der Waals surface area contributed by atoms with Crippen molar-refractivity contribution in [1.82, 2.24) is 19.9 Å². The molecule has 4 rings (SSSR count). The number of halogens is 1. The minimum atomic E-state index is -0.239. The lowest BCUT2D eigenvalue weighted by atomic mass is 10.2. The molecule has 21 heavy (non-hydrogen) atoms. The van der Waals surface area contributed by atoms with Crippen molar-refractivity contribution in [3.05, 3.63) is 58.0 Å². The van der Waals surface area contributed by atoms with E-state index in [-0.39, 0.29) is 5.56 Å². The first kappa shape index (κ1) is 12.1. The zero-order chi connectivity index (χ0) is 14.4. The maximum atomic E-state index is 12.1. The van der Waals surface area contributed by atoms with Crippen LogP contribution in [0.3, 0.4) is 0 Å². The van der Waals surface area contributed by atoms with E-state index in [1.165, 1.54) is 0 Å². The van der Waals surface area contributed by atoms with Gasteiger partial charge in [0.1, 0.15) is 22.5 Å². The lowest BCUT2D eigenvalue weighted by Gasteiger charge is -1.96. The molecular formula is C15H9ClN4O. The van der Waals surface area contributed by atoms with Gasteiger partial charge in [-0.05, 0) is 24.3 Å². The molecule has 6 heteroatoms. The number of H-pyrrole nitrogens is 2. The number of imidazole rings is 1. The first-order chi connectivity index (χ1) is 10.2. The molecule has 0 saturated carbocycles. The molecule has 0 spiro atoms. The average Bonchev–Trinajstić information content (AvgIpc) is 2.93. The third kappa shape index (κ3) is 1.90. The number of aromatic amines is 2. The van der Waals surface area contributed by atoms with Crippen LogP contribution in [0.15, 0.2) is 47.4 Å².